The zero-order chi connectivity index (χ0) is 16.0. The van der Waals surface area contributed by atoms with Crippen molar-refractivity contribution in [1.29, 1.82) is 0 Å². The molecule has 1 aliphatic rings. The van der Waals surface area contributed by atoms with Crippen LogP contribution in [0.4, 0.5) is 4.39 Å². The molecular weight excluding hydrogens is 319 g/mol. The summed E-state index contributed by atoms with van der Waals surface area (Å²) in [5.74, 6) is 1.89. The number of benzene rings is 1. The van der Waals surface area contributed by atoms with E-state index in [1.54, 1.807) is 12.1 Å². The van der Waals surface area contributed by atoms with Crippen LogP contribution in [0.5, 0.6) is 0 Å². The number of aromatic nitrogens is 4. The molecule has 0 spiro atoms. The van der Waals surface area contributed by atoms with Crippen molar-refractivity contribution in [1.82, 2.24) is 19.9 Å². The first-order valence-electron chi connectivity index (χ1n) is 7.44. The fourth-order valence-electron chi connectivity index (χ4n) is 2.50. The van der Waals surface area contributed by atoms with Crippen LogP contribution >= 0.6 is 11.6 Å². The van der Waals surface area contributed by atoms with Gasteiger partial charge in [0.15, 0.2) is 11.6 Å². The molecule has 1 aromatic carbocycles. The van der Waals surface area contributed by atoms with E-state index in [1.807, 2.05) is 13.0 Å². The second-order valence-electron chi connectivity index (χ2n) is 5.76. The van der Waals surface area contributed by atoms with Crippen molar-refractivity contribution < 1.29 is 8.91 Å². The molecule has 0 atom stereocenters. The van der Waals surface area contributed by atoms with Gasteiger partial charge in [-0.15, -0.1) is 0 Å². The van der Waals surface area contributed by atoms with Gasteiger partial charge >= 0.3 is 0 Å². The van der Waals surface area contributed by atoms with E-state index < -0.39 is 5.82 Å². The second-order valence-corrected chi connectivity index (χ2v) is 6.16. The zero-order valence-corrected chi connectivity index (χ0v) is 13.2. The summed E-state index contributed by atoms with van der Waals surface area (Å²) < 4.78 is 21.1. The van der Waals surface area contributed by atoms with Gasteiger partial charge in [0.05, 0.1) is 17.1 Å². The Morgan fingerprint density at radius 1 is 1.39 bits per heavy atom. The van der Waals surface area contributed by atoms with Crippen LogP contribution in [0.2, 0.25) is 5.02 Å². The van der Waals surface area contributed by atoms with Gasteiger partial charge in [-0.1, -0.05) is 22.8 Å². The third-order valence-corrected chi connectivity index (χ3v) is 4.09. The van der Waals surface area contributed by atoms with Crippen LogP contribution in [0, 0.1) is 12.7 Å². The van der Waals surface area contributed by atoms with Crippen LogP contribution in [0.1, 0.15) is 41.9 Å². The highest BCUT2D eigenvalue weighted by Gasteiger charge is 2.30. The van der Waals surface area contributed by atoms with E-state index in [1.165, 1.54) is 10.7 Å². The minimum atomic E-state index is -0.503. The molecule has 3 aromatic rings. The molecule has 2 aromatic heterocycles. The molecule has 4 rings (SSSR count). The van der Waals surface area contributed by atoms with Crippen LogP contribution in [-0.2, 0) is 6.42 Å². The van der Waals surface area contributed by atoms with Gasteiger partial charge in [0, 0.05) is 12.0 Å². The Labute approximate surface area is 137 Å². The minimum absolute atomic E-state index is 0.0624. The molecule has 1 saturated carbocycles. The smallest absolute Gasteiger partial charge is 0.167 e. The van der Waals surface area contributed by atoms with Crippen LogP contribution in [-0.4, -0.2) is 19.9 Å². The first-order chi connectivity index (χ1) is 11.1. The minimum Gasteiger partial charge on any atom is -0.361 e. The van der Waals surface area contributed by atoms with Gasteiger partial charge in [-0.3, -0.25) is 0 Å². The maximum absolute atomic E-state index is 14.4. The molecule has 2 heterocycles. The van der Waals surface area contributed by atoms with Gasteiger partial charge in [0.25, 0.3) is 0 Å². The van der Waals surface area contributed by atoms with E-state index in [0.717, 1.165) is 24.4 Å². The summed E-state index contributed by atoms with van der Waals surface area (Å²) >= 11 is 5.90. The van der Waals surface area contributed by atoms with E-state index >= 15 is 0 Å². The predicted molar refractivity (Wildman–Crippen MR) is 82.3 cm³/mol. The Morgan fingerprint density at radius 2 is 2.22 bits per heavy atom. The highest BCUT2D eigenvalue weighted by atomic mass is 35.5. The second kappa shape index (κ2) is 5.45. The maximum Gasteiger partial charge on any atom is 0.167 e. The average molecular weight is 333 g/mol. The summed E-state index contributed by atoms with van der Waals surface area (Å²) in [5.41, 5.74) is 1.09. The molecule has 0 unspecified atom stereocenters. The van der Waals surface area contributed by atoms with E-state index in [2.05, 4.69) is 15.2 Å². The lowest BCUT2D eigenvalue weighted by atomic mass is 10.2. The molecule has 23 heavy (non-hydrogen) atoms. The molecular formula is C16H14ClFN4O. The van der Waals surface area contributed by atoms with Crippen LogP contribution in [0.15, 0.2) is 28.8 Å². The van der Waals surface area contributed by atoms with Gasteiger partial charge in [-0.2, -0.15) is 5.10 Å². The molecule has 1 aliphatic carbocycles. The van der Waals surface area contributed by atoms with Gasteiger partial charge in [0.1, 0.15) is 17.3 Å². The molecule has 118 valence electrons. The topological polar surface area (TPSA) is 56.7 Å². The van der Waals surface area contributed by atoms with Crippen molar-refractivity contribution >= 4 is 11.6 Å². The van der Waals surface area contributed by atoms with Crippen molar-refractivity contribution in [3.05, 3.63) is 58.2 Å². The highest BCUT2D eigenvalue weighted by molar-refractivity contribution is 6.30. The molecule has 0 amide bonds. The number of hydrogen-bond donors (Lipinski definition) is 0. The average Bonchev–Trinajstić information content (AvgIpc) is 3.18. The Bertz CT molecular complexity index is 869. The standard InChI is InChI=1S/C16H14ClFN4O/c1-9-7-11(23-21-9)8-14-19-16(10-5-6-10)20-22(14)13-4-2-3-12(17)15(13)18/h2-4,7,10H,5-6,8H2,1H3. The van der Waals surface area contributed by atoms with Gasteiger partial charge in [-0.05, 0) is 31.9 Å². The van der Waals surface area contributed by atoms with Gasteiger partial charge < -0.3 is 4.52 Å². The number of hydrogen-bond acceptors (Lipinski definition) is 4. The third-order valence-electron chi connectivity index (χ3n) is 3.80. The van der Waals surface area contributed by atoms with Crippen molar-refractivity contribution in [2.45, 2.75) is 32.1 Å². The quantitative estimate of drug-likeness (QED) is 0.728. The van der Waals surface area contributed by atoms with E-state index in [4.69, 9.17) is 16.1 Å². The van der Waals surface area contributed by atoms with E-state index in [9.17, 15) is 4.39 Å². The van der Waals surface area contributed by atoms with Crippen molar-refractivity contribution in [2.75, 3.05) is 0 Å². The fraction of sp³-hybridized carbons (Fsp3) is 0.312. The van der Waals surface area contributed by atoms with E-state index in [0.29, 0.717) is 29.6 Å². The largest absolute Gasteiger partial charge is 0.361 e. The molecule has 0 radical (unpaired) electrons. The Kier molecular flexibility index (Phi) is 3.41. The van der Waals surface area contributed by atoms with Crippen molar-refractivity contribution in [3.63, 3.8) is 0 Å². The normalized spacial score (nSPS) is 14.4. The summed E-state index contributed by atoms with van der Waals surface area (Å²) in [6.45, 7) is 1.85. The number of aryl methyl sites for hydroxylation is 1. The monoisotopic (exact) mass is 332 g/mol. The summed E-state index contributed by atoms with van der Waals surface area (Å²) in [5, 5.41) is 8.43. The number of halogens is 2. The Hall–Kier alpha value is -2.21. The first kappa shape index (κ1) is 14.4. The molecule has 7 heteroatoms. The molecule has 0 saturated heterocycles. The van der Waals surface area contributed by atoms with Crippen LogP contribution < -0.4 is 0 Å². The Balaban J connectivity index is 1.79. The lowest BCUT2D eigenvalue weighted by Gasteiger charge is -2.06. The lowest BCUT2D eigenvalue weighted by molar-refractivity contribution is 0.383. The molecule has 0 aliphatic heterocycles. The van der Waals surface area contributed by atoms with Crippen LogP contribution in [0.3, 0.4) is 0 Å². The maximum atomic E-state index is 14.4. The molecule has 1 fully saturated rings. The van der Waals surface area contributed by atoms with Gasteiger partial charge in [-0.25, -0.2) is 14.1 Å². The first-order valence-corrected chi connectivity index (χ1v) is 7.82. The summed E-state index contributed by atoms with van der Waals surface area (Å²) in [4.78, 5) is 4.58. The number of rotatable bonds is 4. The molecule has 0 N–H and O–H groups in total. The van der Waals surface area contributed by atoms with Crippen LogP contribution in [0.25, 0.3) is 5.69 Å². The Morgan fingerprint density at radius 3 is 2.91 bits per heavy atom. The van der Waals surface area contributed by atoms with Gasteiger partial charge in [0.2, 0.25) is 0 Å². The lowest BCUT2D eigenvalue weighted by Crippen LogP contribution is -2.06. The third kappa shape index (κ3) is 2.74. The fourth-order valence-corrected chi connectivity index (χ4v) is 2.66. The molecule has 5 nitrogen and oxygen atoms in total. The van der Waals surface area contributed by atoms with Crippen molar-refractivity contribution in [3.8, 4) is 5.69 Å². The SMILES string of the molecule is Cc1cc(Cc2nc(C3CC3)nn2-c2cccc(Cl)c2F)on1. The molecule has 0 bridgehead atoms. The summed E-state index contributed by atoms with van der Waals surface area (Å²) in [6, 6.07) is 6.69. The summed E-state index contributed by atoms with van der Waals surface area (Å²) in [7, 11) is 0. The zero-order valence-electron chi connectivity index (χ0n) is 12.5. The number of nitrogens with zero attached hydrogens (tertiary/aromatic N) is 4. The highest BCUT2D eigenvalue weighted by Crippen LogP contribution is 2.38. The van der Waals surface area contributed by atoms with E-state index in [-0.39, 0.29) is 5.02 Å². The predicted octanol–water partition coefficient (Wildman–Crippen LogP) is 3.82. The van der Waals surface area contributed by atoms with Crippen molar-refractivity contribution in [2.24, 2.45) is 0 Å². The summed E-state index contributed by atoms with van der Waals surface area (Å²) in [6.07, 6.45) is 2.54.